The van der Waals surface area contributed by atoms with E-state index >= 15 is 0 Å². The number of carbonyl (C=O) groups is 2. The van der Waals surface area contributed by atoms with Crippen LogP contribution in [0.15, 0.2) is 11.5 Å². The predicted molar refractivity (Wildman–Crippen MR) is 70.3 cm³/mol. The minimum Gasteiger partial charge on any atom is -0.509 e. The first kappa shape index (κ1) is 15.2. The molecule has 0 aromatic carbocycles. The number of likely N-dealkylation sites (tertiary alicyclic amines) is 1. The number of ether oxygens (including phenoxy) is 1. The van der Waals surface area contributed by atoms with Crippen molar-refractivity contribution in [3.63, 3.8) is 0 Å². The van der Waals surface area contributed by atoms with Crippen LogP contribution in [0.5, 0.6) is 0 Å². The smallest absolute Gasteiger partial charge is 0.358 e. The summed E-state index contributed by atoms with van der Waals surface area (Å²) in [5, 5.41) is 9.47. The normalized spacial score (nSPS) is 23.3. The minimum atomic E-state index is -0.768. The monoisotopic (exact) mass is 293 g/mol. The van der Waals surface area contributed by atoms with Crippen LogP contribution in [0.25, 0.3) is 0 Å². The summed E-state index contributed by atoms with van der Waals surface area (Å²) in [6, 6.07) is 0. The van der Waals surface area contributed by atoms with Crippen molar-refractivity contribution in [3.05, 3.63) is 11.5 Å². The van der Waals surface area contributed by atoms with E-state index in [4.69, 9.17) is 11.6 Å². The first-order valence-electron chi connectivity index (χ1n) is 5.25. The Balaban J connectivity index is 3.18. The van der Waals surface area contributed by atoms with E-state index in [2.05, 4.69) is 4.74 Å². The van der Waals surface area contributed by atoms with E-state index in [0.29, 0.717) is 0 Å². The first-order chi connectivity index (χ1) is 8.32. The zero-order valence-corrected chi connectivity index (χ0v) is 12.3. The van der Waals surface area contributed by atoms with Crippen LogP contribution in [0, 0.1) is 5.41 Å². The van der Waals surface area contributed by atoms with Crippen molar-refractivity contribution in [2.24, 2.45) is 5.41 Å². The van der Waals surface area contributed by atoms with E-state index in [1.807, 2.05) is 6.26 Å². The third-order valence-corrected chi connectivity index (χ3v) is 4.36. The molecule has 1 rings (SSSR count). The molecule has 18 heavy (non-hydrogen) atoms. The topological polar surface area (TPSA) is 66.8 Å². The van der Waals surface area contributed by atoms with Gasteiger partial charge in [0.15, 0.2) is 5.70 Å². The number of β-lactam (4-membered cyclic amide) rings is 1. The molecule has 1 saturated heterocycles. The molecule has 0 saturated carbocycles. The SMILES string of the molecule is COC(=O)/C(=C(\O)CCl)N1C(=O)C(C)(C)C1SC. The molecule has 1 heterocycles. The Hall–Kier alpha value is -0.880. The van der Waals surface area contributed by atoms with E-state index in [0.717, 1.165) is 0 Å². The van der Waals surface area contributed by atoms with Crippen LogP contribution in [-0.2, 0) is 14.3 Å². The average molecular weight is 294 g/mol. The molecule has 1 atom stereocenters. The van der Waals surface area contributed by atoms with Gasteiger partial charge in [-0.25, -0.2) is 4.79 Å². The molecule has 1 amide bonds. The van der Waals surface area contributed by atoms with Crippen molar-refractivity contribution in [3.8, 4) is 0 Å². The number of allylic oxidation sites excluding steroid dienone is 1. The number of hydrogen-bond acceptors (Lipinski definition) is 5. The molecule has 0 bridgehead atoms. The summed E-state index contributed by atoms with van der Waals surface area (Å²) >= 11 is 6.95. The Morgan fingerprint density at radius 2 is 2.17 bits per heavy atom. The highest BCUT2D eigenvalue weighted by Gasteiger charge is 2.57. The summed E-state index contributed by atoms with van der Waals surface area (Å²) in [5.74, 6) is -1.61. The van der Waals surface area contributed by atoms with E-state index in [1.165, 1.54) is 23.8 Å². The molecule has 1 fully saturated rings. The maximum atomic E-state index is 12.1. The number of methoxy groups -OCH3 is 1. The number of halogens is 1. The van der Waals surface area contributed by atoms with Gasteiger partial charge in [0.1, 0.15) is 5.76 Å². The van der Waals surface area contributed by atoms with Gasteiger partial charge < -0.3 is 9.84 Å². The van der Waals surface area contributed by atoms with Crippen molar-refractivity contribution in [2.45, 2.75) is 19.2 Å². The molecule has 1 aliphatic rings. The second kappa shape index (κ2) is 5.40. The quantitative estimate of drug-likeness (QED) is 0.281. The van der Waals surface area contributed by atoms with Gasteiger partial charge in [-0.05, 0) is 20.1 Å². The Kier molecular flexibility index (Phi) is 4.55. The molecule has 1 N–H and O–H groups in total. The summed E-state index contributed by atoms with van der Waals surface area (Å²) in [6.07, 6.45) is 1.83. The second-order valence-corrected chi connectivity index (χ2v) is 5.59. The van der Waals surface area contributed by atoms with Crippen LogP contribution in [0.1, 0.15) is 13.8 Å². The standard InChI is InChI=1S/C11H16ClNO4S/c1-11(2)9(16)13(10(11)18-4)7(6(14)5-12)8(15)17-3/h10,14H,5H2,1-4H3/b7-6+. The molecule has 0 aromatic rings. The summed E-state index contributed by atoms with van der Waals surface area (Å²) in [6.45, 7) is 3.58. The highest BCUT2D eigenvalue weighted by Crippen LogP contribution is 2.46. The highest BCUT2D eigenvalue weighted by molar-refractivity contribution is 7.99. The number of hydrogen-bond donors (Lipinski definition) is 1. The van der Waals surface area contributed by atoms with Crippen LogP contribution < -0.4 is 0 Å². The van der Waals surface area contributed by atoms with Gasteiger partial charge in [0.05, 0.1) is 23.8 Å². The fourth-order valence-corrected chi connectivity index (χ4v) is 3.14. The highest BCUT2D eigenvalue weighted by atomic mass is 35.5. The van der Waals surface area contributed by atoms with Gasteiger partial charge >= 0.3 is 5.97 Å². The fourth-order valence-electron chi connectivity index (χ4n) is 1.91. The van der Waals surface area contributed by atoms with Crippen LogP contribution in [-0.4, -0.2) is 46.5 Å². The van der Waals surface area contributed by atoms with Crippen molar-refractivity contribution in [1.29, 1.82) is 0 Å². The molecular formula is C11H16ClNO4S. The van der Waals surface area contributed by atoms with Gasteiger partial charge in [-0.15, -0.1) is 23.4 Å². The van der Waals surface area contributed by atoms with E-state index in [-0.39, 0.29) is 28.6 Å². The Labute approximate surface area is 115 Å². The van der Waals surface area contributed by atoms with Crippen molar-refractivity contribution >= 4 is 35.2 Å². The predicted octanol–water partition coefficient (Wildman–Crippen LogP) is 1.73. The van der Waals surface area contributed by atoms with Crippen molar-refractivity contribution in [2.75, 3.05) is 19.2 Å². The lowest BCUT2D eigenvalue weighted by molar-refractivity contribution is -0.160. The lowest BCUT2D eigenvalue weighted by Crippen LogP contribution is -2.65. The van der Waals surface area contributed by atoms with Gasteiger partial charge in [0.25, 0.3) is 0 Å². The average Bonchev–Trinajstić information content (AvgIpc) is 2.36. The molecule has 5 nitrogen and oxygen atoms in total. The van der Waals surface area contributed by atoms with Crippen LogP contribution in [0.3, 0.4) is 0 Å². The summed E-state index contributed by atoms with van der Waals surface area (Å²) < 4.78 is 4.58. The van der Waals surface area contributed by atoms with E-state index in [1.54, 1.807) is 13.8 Å². The largest absolute Gasteiger partial charge is 0.509 e. The molecular weight excluding hydrogens is 278 g/mol. The lowest BCUT2D eigenvalue weighted by atomic mass is 9.82. The molecule has 1 unspecified atom stereocenters. The molecule has 7 heteroatoms. The first-order valence-corrected chi connectivity index (χ1v) is 7.08. The number of aliphatic hydroxyl groups excluding tert-OH is 1. The third kappa shape index (κ3) is 2.19. The molecule has 0 aromatic heterocycles. The number of aliphatic hydroxyl groups is 1. The number of rotatable bonds is 4. The molecule has 0 aliphatic carbocycles. The van der Waals surface area contributed by atoms with Crippen LogP contribution in [0.2, 0.25) is 0 Å². The molecule has 0 spiro atoms. The minimum absolute atomic E-state index is 0.170. The number of alkyl halides is 1. The van der Waals surface area contributed by atoms with Gasteiger partial charge in [-0.2, -0.15) is 0 Å². The molecule has 102 valence electrons. The fraction of sp³-hybridized carbons (Fsp3) is 0.636. The Morgan fingerprint density at radius 1 is 1.61 bits per heavy atom. The summed E-state index contributed by atoms with van der Waals surface area (Å²) in [7, 11) is 1.19. The van der Waals surface area contributed by atoms with E-state index < -0.39 is 11.4 Å². The van der Waals surface area contributed by atoms with Gasteiger partial charge in [0.2, 0.25) is 5.91 Å². The Morgan fingerprint density at radius 3 is 2.56 bits per heavy atom. The summed E-state index contributed by atoms with van der Waals surface area (Å²) in [5.41, 5.74) is -0.748. The van der Waals surface area contributed by atoms with Gasteiger partial charge in [0, 0.05) is 0 Å². The van der Waals surface area contributed by atoms with Crippen LogP contribution in [0.4, 0.5) is 0 Å². The Bertz CT molecular complexity index is 408. The zero-order valence-electron chi connectivity index (χ0n) is 10.7. The number of carbonyl (C=O) groups excluding carboxylic acids is 2. The van der Waals surface area contributed by atoms with Gasteiger partial charge in [-0.1, -0.05) is 0 Å². The number of amides is 1. The number of thioether (sulfide) groups is 1. The number of esters is 1. The number of nitrogens with zero attached hydrogens (tertiary/aromatic N) is 1. The van der Waals surface area contributed by atoms with Gasteiger partial charge in [-0.3, -0.25) is 9.69 Å². The zero-order chi connectivity index (χ0) is 14.1. The summed E-state index contributed by atoms with van der Waals surface area (Å²) in [4.78, 5) is 25.0. The second-order valence-electron chi connectivity index (χ2n) is 4.41. The van der Waals surface area contributed by atoms with Crippen molar-refractivity contribution < 1.29 is 19.4 Å². The maximum absolute atomic E-state index is 12.1. The van der Waals surface area contributed by atoms with E-state index in [9.17, 15) is 14.7 Å². The van der Waals surface area contributed by atoms with Crippen molar-refractivity contribution in [1.82, 2.24) is 4.90 Å². The maximum Gasteiger partial charge on any atom is 0.358 e. The lowest BCUT2D eigenvalue weighted by Gasteiger charge is -2.51. The van der Waals surface area contributed by atoms with Crippen LogP contribution >= 0.6 is 23.4 Å². The molecule has 1 aliphatic heterocycles. The molecule has 0 radical (unpaired) electrons. The third-order valence-electron chi connectivity index (χ3n) is 2.86.